The maximum Gasteiger partial charge on any atom is 0.306 e. The van der Waals surface area contributed by atoms with E-state index in [2.05, 4.69) is 10.3 Å². The van der Waals surface area contributed by atoms with Crippen LogP contribution in [0.2, 0.25) is 0 Å². The molecule has 8 nitrogen and oxygen atoms in total. The van der Waals surface area contributed by atoms with Crippen molar-refractivity contribution < 1.29 is 27.7 Å². The summed E-state index contributed by atoms with van der Waals surface area (Å²) in [5, 5.41) is 14.5. The highest BCUT2D eigenvalue weighted by Gasteiger charge is 2.34. The average Bonchev–Trinajstić information content (AvgIpc) is 3.08. The maximum atomic E-state index is 14.2. The van der Waals surface area contributed by atoms with Crippen LogP contribution >= 0.6 is 0 Å². The fraction of sp³-hybridized carbons (Fsp3) is 0.135. The van der Waals surface area contributed by atoms with E-state index >= 15 is 0 Å². The third kappa shape index (κ3) is 5.78. The Labute approximate surface area is 266 Å². The number of sulfonamides is 1. The second kappa shape index (κ2) is 12.3. The van der Waals surface area contributed by atoms with Gasteiger partial charge in [-0.25, -0.2) is 13.4 Å². The van der Waals surface area contributed by atoms with Crippen LogP contribution in [0.4, 0.5) is 17.1 Å². The molecule has 2 aliphatic heterocycles. The first kappa shape index (κ1) is 29.5. The van der Waals surface area contributed by atoms with Crippen LogP contribution in [0.5, 0.6) is 0 Å². The largest absolute Gasteiger partial charge is 0.481 e. The summed E-state index contributed by atoms with van der Waals surface area (Å²) in [6.07, 6.45) is 0.558. The number of aliphatic carboxylic acids is 1. The molecule has 230 valence electrons. The van der Waals surface area contributed by atoms with Crippen LogP contribution in [-0.2, 0) is 14.8 Å². The number of hydrogen-bond acceptors (Lipinski definition) is 5. The minimum atomic E-state index is -3.94. The number of carboxylic acid groups (broad SMARTS) is 1. The Morgan fingerprint density at radius 3 is 2.22 bits per heavy atom. The molecule has 0 unspecified atom stereocenters. The molecule has 7 rings (SSSR count). The molecule has 0 radical (unpaired) electrons. The Morgan fingerprint density at radius 2 is 1.48 bits per heavy atom. The number of para-hydroxylation sites is 2. The summed E-state index contributed by atoms with van der Waals surface area (Å²) in [5.41, 5.74) is 5.35. The summed E-state index contributed by atoms with van der Waals surface area (Å²) in [6.45, 7) is 0.310. The molecular weight excluding hydrogens is 598 g/mol. The van der Waals surface area contributed by atoms with Crippen molar-refractivity contribution in [3.63, 3.8) is 0 Å². The van der Waals surface area contributed by atoms with E-state index in [0.29, 0.717) is 16.9 Å². The molecule has 4 aromatic carbocycles. The molecule has 1 saturated heterocycles. The van der Waals surface area contributed by atoms with Gasteiger partial charge < -0.3 is 14.8 Å². The van der Waals surface area contributed by atoms with Crippen LogP contribution in [0.25, 0.3) is 33.4 Å². The highest BCUT2D eigenvalue weighted by atomic mass is 32.2. The molecule has 3 aliphatic rings. The predicted octanol–water partition coefficient (Wildman–Crippen LogP) is 5.75. The SMILES string of the molecule is O=C(O)C1CCN(S(=O)(=O)c2ccccc2-c2c3ccc(=[NH+]c4ccccc4)cc-3oc3cc(Nc4ccccc4)ccc23)CC1. The van der Waals surface area contributed by atoms with Crippen molar-refractivity contribution in [3.8, 4) is 22.5 Å². The first-order valence-electron chi connectivity index (χ1n) is 15.2. The lowest BCUT2D eigenvalue weighted by atomic mass is 9.93. The Hall–Kier alpha value is -5.25. The zero-order chi connectivity index (χ0) is 31.7. The summed E-state index contributed by atoms with van der Waals surface area (Å²) >= 11 is 0. The van der Waals surface area contributed by atoms with Gasteiger partial charge in [-0.1, -0.05) is 54.6 Å². The zero-order valence-electron chi connectivity index (χ0n) is 24.9. The van der Waals surface area contributed by atoms with Crippen LogP contribution in [-0.4, -0.2) is 36.9 Å². The Kier molecular flexibility index (Phi) is 7.86. The number of benzene rings is 5. The monoisotopic (exact) mass is 630 g/mol. The molecule has 1 aliphatic carbocycles. The second-order valence-electron chi connectivity index (χ2n) is 11.4. The van der Waals surface area contributed by atoms with E-state index < -0.39 is 21.9 Å². The number of fused-ring (bicyclic) bond motifs is 2. The van der Waals surface area contributed by atoms with Crippen LogP contribution in [0.3, 0.4) is 0 Å². The molecule has 0 aromatic heterocycles. The molecule has 2 heterocycles. The van der Waals surface area contributed by atoms with Gasteiger partial charge in [0.1, 0.15) is 11.3 Å². The van der Waals surface area contributed by atoms with Crippen LogP contribution in [0.15, 0.2) is 131 Å². The van der Waals surface area contributed by atoms with E-state index in [4.69, 9.17) is 4.42 Å². The molecule has 0 spiro atoms. The Morgan fingerprint density at radius 1 is 0.783 bits per heavy atom. The van der Waals surface area contributed by atoms with E-state index in [1.54, 1.807) is 12.1 Å². The average molecular weight is 631 g/mol. The van der Waals surface area contributed by atoms with Crippen LogP contribution in [0, 0.1) is 5.92 Å². The standard InChI is InChI=1S/C37H31N3O5S/c41-37(42)25-19-21-40(22-20-25)46(43,44)35-14-8-7-13-32(35)36-30-17-15-28(38-26-9-3-1-4-10-26)23-33(30)45-34-24-29(16-18-31(34)36)39-27-11-5-2-6-12-27/h1-18,23-25,38H,19-22H2,(H,41,42)/p+1. The lowest BCUT2D eigenvalue weighted by molar-refractivity contribution is -0.402. The first-order chi connectivity index (χ1) is 22.4. The fourth-order valence-electron chi connectivity index (χ4n) is 6.09. The van der Waals surface area contributed by atoms with Crippen molar-refractivity contribution in [1.29, 1.82) is 0 Å². The molecule has 0 atom stereocenters. The van der Waals surface area contributed by atoms with Crippen molar-refractivity contribution >= 4 is 44.0 Å². The van der Waals surface area contributed by atoms with Crippen molar-refractivity contribution in [2.45, 2.75) is 17.7 Å². The van der Waals surface area contributed by atoms with Gasteiger partial charge in [-0.2, -0.15) is 4.31 Å². The van der Waals surface area contributed by atoms with E-state index in [9.17, 15) is 18.3 Å². The minimum absolute atomic E-state index is 0.155. The van der Waals surface area contributed by atoms with E-state index in [-0.39, 0.29) is 30.8 Å². The van der Waals surface area contributed by atoms with Gasteiger partial charge in [0.25, 0.3) is 0 Å². The lowest BCUT2D eigenvalue weighted by Gasteiger charge is -2.30. The van der Waals surface area contributed by atoms with Gasteiger partial charge in [-0.05, 0) is 49.2 Å². The fourth-order valence-corrected chi connectivity index (χ4v) is 7.76. The molecule has 9 heteroatoms. The van der Waals surface area contributed by atoms with Crippen molar-refractivity contribution in [3.05, 3.63) is 127 Å². The number of nitrogens with zero attached hydrogens (tertiary/aromatic N) is 1. The van der Waals surface area contributed by atoms with Gasteiger partial charge in [0.05, 0.1) is 16.9 Å². The number of nitrogens with one attached hydrogen (secondary N) is 2. The van der Waals surface area contributed by atoms with E-state index in [1.165, 1.54) is 4.31 Å². The van der Waals surface area contributed by atoms with Gasteiger partial charge in [-0.3, -0.25) is 4.79 Å². The normalized spacial score (nSPS) is 14.9. The third-order valence-corrected chi connectivity index (χ3v) is 10.4. The van der Waals surface area contributed by atoms with Gasteiger partial charge in [0, 0.05) is 70.8 Å². The van der Waals surface area contributed by atoms with Gasteiger partial charge in [0.15, 0.2) is 0 Å². The molecule has 4 aromatic rings. The number of carboxylic acids is 1. The molecule has 3 N–H and O–H groups in total. The summed E-state index contributed by atoms with van der Waals surface area (Å²) in [4.78, 5) is 15.1. The first-order valence-corrected chi connectivity index (χ1v) is 16.6. The zero-order valence-corrected chi connectivity index (χ0v) is 25.7. The Bertz CT molecular complexity index is 2190. The molecule has 0 bridgehead atoms. The summed E-state index contributed by atoms with van der Waals surface area (Å²) in [5.74, 6) is -0.830. The highest BCUT2D eigenvalue weighted by molar-refractivity contribution is 7.89. The second-order valence-corrected chi connectivity index (χ2v) is 13.3. The van der Waals surface area contributed by atoms with Crippen molar-refractivity contribution in [2.75, 3.05) is 18.4 Å². The molecular formula is C37H32N3O5S+. The number of carbonyl (C=O) groups is 1. The maximum absolute atomic E-state index is 14.2. The van der Waals surface area contributed by atoms with Gasteiger partial charge in [0.2, 0.25) is 21.1 Å². The van der Waals surface area contributed by atoms with Gasteiger partial charge in [-0.15, -0.1) is 0 Å². The lowest BCUT2D eigenvalue weighted by Crippen LogP contribution is -2.70. The minimum Gasteiger partial charge on any atom is -0.481 e. The van der Waals surface area contributed by atoms with E-state index in [1.807, 2.05) is 109 Å². The summed E-state index contributed by atoms with van der Waals surface area (Å²) in [6, 6.07) is 38.4. The third-order valence-electron chi connectivity index (χ3n) is 8.42. The summed E-state index contributed by atoms with van der Waals surface area (Å²) < 4.78 is 36.3. The topological polar surface area (TPSA) is 114 Å². The smallest absolute Gasteiger partial charge is 0.306 e. The number of rotatable bonds is 7. The molecule has 0 saturated carbocycles. The quantitative estimate of drug-likeness (QED) is 0.194. The number of piperidine rings is 1. The number of hydrogen-bond donors (Lipinski definition) is 3. The number of anilines is 2. The van der Waals surface area contributed by atoms with Crippen LogP contribution in [0.1, 0.15) is 12.8 Å². The molecule has 46 heavy (non-hydrogen) atoms. The van der Waals surface area contributed by atoms with Gasteiger partial charge >= 0.3 is 5.97 Å². The highest BCUT2D eigenvalue weighted by Crippen LogP contribution is 2.43. The predicted molar refractivity (Wildman–Crippen MR) is 177 cm³/mol. The Balaban J connectivity index is 1.41. The van der Waals surface area contributed by atoms with Crippen molar-refractivity contribution in [2.24, 2.45) is 5.92 Å². The summed E-state index contributed by atoms with van der Waals surface area (Å²) in [7, 11) is -3.94. The van der Waals surface area contributed by atoms with Crippen molar-refractivity contribution in [1.82, 2.24) is 4.31 Å². The van der Waals surface area contributed by atoms with E-state index in [0.717, 1.165) is 38.9 Å². The molecule has 1 fully saturated rings. The van der Waals surface area contributed by atoms with Crippen LogP contribution < -0.4 is 15.7 Å². The molecule has 0 amide bonds.